The minimum Gasteiger partial charge on any atom is -0.300 e. The van der Waals surface area contributed by atoms with Crippen LogP contribution in [-0.4, -0.2) is 5.78 Å². The molecule has 0 radical (unpaired) electrons. The molecule has 1 nitrogen and oxygen atoms in total. The van der Waals surface area contributed by atoms with Crippen LogP contribution in [0.25, 0.3) is 0 Å². The summed E-state index contributed by atoms with van der Waals surface area (Å²) >= 11 is 0. The van der Waals surface area contributed by atoms with Gasteiger partial charge in [-0.2, -0.15) is 0 Å². The van der Waals surface area contributed by atoms with Crippen LogP contribution in [-0.2, 0) is 4.79 Å². The van der Waals surface area contributed by atoms with Gasteiger partial charge in [-0.15, -0.1) is 0 Å². The summed E-state index contributed by atoms with van der Waals surface area (Å²) in [6.45, 7) is 14.7. The largest absolute Gasteiger partial charge is 0.300 e. The van der Waals surface area contributed by atoms with E-state index in [9.17, 15) is 4.79 Å². The lowest BCUT2D eigenvalue weighted by molar-refractivity contribution is -0.127. The zero-order valence-electron chi connectivity index (χ0n) is 19.8. The molecule has 0 aromatic heterocycles. The van der Waals surface area contributed by atoms with Crippen molar-refractivity contribution in [3.8, 4) is 0 Å². The number of ketones is 1. The molecule has 0 aromatic carbocycles. The molecule has 4 rings (SSSR count). The van der Waals surface area contributed by atoms with Crippen LogP contribution < -0.4 is 0 Å². The normalized spacial score (nSPS) is 44.2. The highest BCUT2D eigenvalue weighted by Gasteiger charge is 2.57. The molecule has 4 aliphatic carbocycles. The summed E-state index contributed by atoms with van der Waals surface area (Å²) < 4.78 is 0. The highest BCUT2D eigenvalue weighted by molar-refractivity contribution is 5.79. The molecule has 3 saturated carbocycles. The van der Waals surface area contributed by atoms with Crippen molar-refractivity contribution in [3.63, 3.8) is 0 Å². The maximum Gasteiger partial charge on any atom is 0.133 e. The minimum atomic E-state index is 0.385. The Morgan fingerprint density at radius 2 is 1.69 bits per heavy atom. The SMILES string of the molecule is CC(C)[C@@H](C)/C=C/[C@@H](C)[C@H]1CC[C@H]2C3=CCC4CC(=O)CC[C@]4(C)[C@H]3CC[C@]12C. The van der Waals surface area contributed by atoms with Crippen molar-refractivity contribution in [2.75, 3.05) is 0 Å². The zero-order valence-corrected chi connectivity index (χ0v) is 19.8. The number of fused-ring (bicyclic) bond motifs is 5. The summed E-state index contributed by atoms with van der Waals surface area (Å²) in [5.41, 5.74) is 2.68. The predicted octanol–water partition coefficient (Wildman–Crippen LogP) is 7.62. The van der Waals surface area contributed by atoms with Crippen LogP contribution in [0.15, 0.2) is 23.8 Å². The van der Waals surface area contributed by atoms with Crippen LogP contribution >= 0.6 is 0 Å². The van der Waals surface area contributed by atoms with Gasteiger partial charge >= 0.3 is 0 Å². The minimum absolute atomic E-state index is 0.385. The number of carbonyl (C=O) groups is 1. The summed E-state index contributed by atoms with van der Waals surface area (Å²) in [5, 5.41) is 0. The lowest BCUT2D eigenvalue weighted by Gasteiger charge is -2.57. The van der Waals surface area contributed by atoms with E-state index in [0.29, 0.717) is 34.4 Å². The second-order valence-electron chi connectivity index (χ2n) is 12.1. The Kier molecular flexibility index (Phi) is 5.67. The fourth-order valence-electron chi connectivity index (χ4n) is 7.91. The monoisotopic (exact) mass is 396 g/mol. The first-order valence-corrected chi connectivity index (χ1v) is 12.6. The van der Waals surface area contributed by atoms with E-state index in [0.717, 1.165) is 49.4 Å². The zero-order chi connectivity index (χ0) is 21.0. The molecule has 29 heavy (non-hydrogen) atoms. The van der Waals surface area contributed by atoms with Crippen LogP contribution in [0.2, 0.25) is 0 Å². The van der Waals surface area contributed by atoms with Crippen LogP contribution in [0, 0.1) is 52.3 Å². The van der Waals surface area contributed by atoms with E-state index < -0.39 is 0 Å². The standard InChI is InChI=1S/C28H44O/c1-18(2)19(3)7-8-20(4)24-11-12-25-23-10-9-21-17-22(29)13-15-27(21,5)26(23)14-16-28(24,25)6/h7-8,10,18-21,24-26H,9,11-17H2,1-6H3/b8-7+/t19-,20+,21?,24+,25-,26-,27-,28+/m0/s1. The Morgan fingerprint density at radius 3 is 2.41 bits per heavy atom. The third-order valence-corrected chi connectivity index (χ3v) is 10.4. The molecule has 0 spiro atoms. The van der Waals surface area contributed by atoms with Gasteiger partial charge in [0.25, 0.3) is 0 Å². The first-order chi connectivity index (χ1) is 13.7. The summed E-state index contributed by atoms with van der Waals surface area (Å²) in [7, 11) is 0. The van der Waals surface area contributed by atoms with E-state index in [-0.39, 0.29) is 0 Å². The van der Waals surface area contributed by atoms with Crippen LogP contribution in [0.3, 0.4) is 0 Å². The van der Waals surface area contributed by atoms with Gasteiger partial charge in [0.2, 0.25) is 0 Å². The molecule has 0 aliphatic heterocycles. The third-order valence-electron chi connectivity index (χ3n) is 10.4. The topological polar surface area (TPSA) is 17.1 Å². The Balaban J connectivity index is 1.55. The molecule has 162 valence electrons. The second-order valence-corrected chi connectivity index (χ2v) is 12.1. The Morgan fingerprint density at radius 1 is 0.966 bits per heavy atom. The van der Waals surface area contributed by atoms with Gasteiger partial charge in [-0.3, -0.25) is 4.79 Å². The fraction of sp³-hybridized carbons (Fsp3) is 0.821. The number of carbonyl (C=O) groups excluding carboxylic acids is 1. The Bertz CT molecular complexity index is 699. The van der Waals surface area contributed by atoms with E-state index in [2.05, 4.69) is 59.8 Å². The second kappa shape index (κ2) is 7.69. The highest BCUT2D eigenvalue weighted by atomic mass is 16.1. The molecule has 0 saturated heterocycles. The molecule has 8 atom stereocenters. The third kappa shape index (κ3) is 3.49. The summed E-state index contributed by atoms with van der Waals surface area (Å²) in [6, 6.07) is 0. The highest BCUT2D eigenvalue weighted by Crippen LogP contribution is 2.66. The van der Waals surface area contributed by atoms with E-state index in [1.165, 1.54) is 25.7 Å². The molecule has 1 heteroatoms. The van der Waals surface area contributed by atoms with Crippen LogP contribution in [0.5, 0.6) is 0 Å². The maximum absolute atomic E-state index is 12.1. The number of rotatable bonds is 4. The average molecular weight is 397 g/mol. The predicted molar refractivity (Wildman–Crippen MR) is 123 cm³/mol. The van der Waals surface area contributed by atoms with Gasteiger partial charge in [0, 0.05) is 12.8 Å². The molecule has 4 aliphatic rings. The Labute approximate surface area is 179 Å². The number of hydrogen-bond donors (Lipinski definition) is 0. The van der Waals surface area contributed by atoms with Gasteiger partial charge in [0.1, 0.15) is 5.78 Å². The van der Waals surface area contributed by atoms with Crippen molar-refractivity contribution in [2.45, 2.75) is 92.9 Å². The molecule has 0 heterocycles. The van der Waals surface area contributed by atoms with Gasteiger partial charge in [0.05, 0.1) is 0 Å². The van der Waals surface area contributed by atoms with Crippen molar-refractivity contribution in [1.29, 1.82) is 0 Å². The number of Topliss-reactive ketones (excluding diaryl/α,β-unsaturated/α-hetero) is 1. The lowest BCUT2D eigenvalue weighted by Crippen LogP contribution is -2.49. The van der Waals surface area contributed by atoms with E-state index in [4.69, 9.17) is 0 Å². The summed E-state index contributed by atoms with van der Waals surface area (Å²) in [4.78, 5) is 12.1. The van der Waals surface area contributed by atoms with Crippen molar-refractivity contribution in [1.82, 2.24) is 0 Å². The quantitative estimate of drug-likeness (QED) is 0.447. The summed E-state index contributed by atoms with van der Waals surface area (Å²) in [6.07, 6.45) is 17.2. The van der Waals surface area contributed by atoms with Gasteiger partial charge in [-0.05, 0) is 90.8 Å². The van der Waals surface area contributed by atoms with Crippen molar-refractivity contribution in [3.05, 3.63) is 23.8 Å². The number of hydrogen-bond acceptors (Lipinski definition) is 1. The Hall–Kier alpha value is -0.850. The molecular weight excluding hydrogens is 352 g/mol. The van der Waals surface area contributed by atoms with Gasteiger partial charge < -0.3 is 0 Å². The average Bonchev–Trinajstić information content (AvgIpc) is 3.03. The first-order valence-electron chi connectivity index (χ1n) is 12.6. The molecule has 0 N–H and O–H groups in total. The number of allylic oxidation sites excluding steroid dienone is 4. The fourth-order valence-corrected chi connectivity index (χ4v) is 7.91. The van der Waals surface area contributed by atoms with E-state index in [1.807, 2.05) is 5.57 Å². The smallest absolute Gasteiger partial charge is 0.133 e. The van der Waals surface area contributed by atoms with Crippen LogP contribution in [0.1, 0.15) is 92.9 Å². The van der Waals surface area contributed by atoms with Crippen LogP contribution in [0.4, 0.5) is 0 Å². The lowest BCUT2D eigenvalue weighted by atomic mass is 9.48. The first kappa shape index (κ1) is 21.4. The van der Waals surface area contributed by atoms with Crippen molar-refractivity contribution in [2.24, 2.45) is 52.3 Å². The maximum atomic E-state index is 12.1. The molecule has 3 fully saturated rings. The van der Waals surface area contributed by atoms with Gasteiger partial charge in [-0.25, -0.2) is 0 Å². The summed E-state index contributed by atoms with van der Waals surface area (Å²) in [5.74, 6) is 5.57. The van der Waals surface area contributed by atoms with E-state index >= 15 is 0 Å². The van der Waals surface area contributed by atoms with Crippen molar-refractivity contribution >= 4 is 5.78 Å². The molecule has 0 amide bonds. The molecule has 0 aromatic rings. The molecular formula is C28H44O. The van der Waals surface area contributed by atoms with Gasteiger partial charge in [-0.1, -0.05) is 65.3 Å². The molecule has 0 bridgehead atoms. The van der Waals surface area contributed by atoms with Crippen molar-refractivity contribution < 1.29 is 4.79 Å². The molecule has 1 unspecified atom stereocenters. The van der Waals surface area contributed by atoms with E-state index in [1.54, 1.807) is 0 Å². The van der Waals surface area contributed by atoms with Gasteiger partial charge in [0.15, 0.2) is 0 Å².